The SMILES string of the molecule is Cc1cc(N(c2ccccc2)c2ccccc2)cc(C)c1B(c1c(C)cc(N(c2ccccc2)c2ccccc2)cc1C)c1cc(-c2c(F)cc3ccccc3c2F)c2ccc3c(B(c4c(C)cc(N(c5ccccc5)c5ccccc5)cc4C)c4c(C)cc(N(c5ccccc5)c5ccccc5)cc4C)cc(-c4c(F)cc5ccccc5c4F)c4ccc1c2c34. The first-order chi connectivity index (χ1) is 61.5. The summed E-state index contributed by atoms with van der Waals surface area (Å²) in [7, 11) is 0. The molecule has 10 heteroatoms. The Bertz CT molecular complexity index is 6580. The molecular formula is C116H88B2F4N4. The molecule has 0 aliphatic rings. The standard InChI is InChI=1S/C116H88B2F4N4/c1-73-61-91(123(83-39-17-9-18-40-83)84-41-19-10-20-42-84)62-74(2)111(73)117(112-75(3)63-92(64-76(112)4)124(85-43-21-11-22-44-85)86-45-23-12-24-46-86)103-71-101(109-105(119)69-81-37-33-35-55-95(81)115(109)121)97-58-60-100-104(72-102(98-57-59-99(103)107(97)108(98)100)110-106(120)70-82-38-34-36-56-96(82)116(110)122)118(113-77(5)65-93(66-78(113)6)125(87-47-25-13-26-48-87)88-49-27-14-28-50-88)114-79(7)67-94(68-80(114)8)126(89-51-29-15-30-52-89)90-53-31-16-32-54-90/h9-72H,1-8H3. The van der Waals surface area contributed by atoms with Crippen LogP contribution in [0.25, 0.3) is 76.1 Å². The number of benzene rings is 20. The van der Waals surface area contributed by atoms with E-state index in [0.717, 1.165) is 156 Å². The molecule has 20 rings (SSSR count). The summed E-state index contributed by atoms with van der Waals surface area (Å²) in [5, 5.41) is 5.45. The predicted octanol–water partition coefficient (Wildman–Crippen LogP) is 28.2. The van der Waals surface area contributed by atoms with Gasteiger partial charge in [-0.2, -0.15) is 0 Å². The quantitative estimate of drug-likeness (QED) is 0.0428. The fourth-order valence-corrected chi connectivity index (χ4v) is 20.4. The number of rotatable bonds is 20. The van der Waals surface area contributed by atoms with Crippen molar-refractivity contribution in [3.05, 3.63) is 456 Å². The van der Waals surface area contributed by atoms with Crippen molar-refractivity contribution in [2.75, 3.05) is 19.6 Å². The highest BCUT2D eigenvalue weighted by atomic mass is 19.1. The molecule has 0 bridgehead atoms. The van der Waals surface area contributed by atoms with Crippen LogP contribution in [0.1, 0.15) is 44.5 Å². The molecule has 606 valence electrons. The van der Waals surface area contributed by atoms with Gasteiger partial charge in [0.2, 0.25) is 13.4 Å². The average Bonchev–Trinajstić information content (AvgIpc) is 0.693. The van der Waals surface area contributed by atoms with E-state index in [4.69, 9.17) is 0 Å². The van der Waals surface area contributed by atoms with Gasteiger partial charge in [0.05, 0.1) is 11.1 Å². The van der Waals surface area contributed by atoms with Crippen molar-refractivity contribution < 1.29 is 17.6 Å². The molecular weight excluding hydrogens is 1550 g/mol. The lowest BCUT2D eigenvalue weighted by Gasteiger charge is -2.32. The van der Waals surface area contributed by atoms with E-state index in [2.05, 4.69) is 354 Å². The number of para-hydroxylation sites is 8. The smallest absolute Gasteiger partial charge is 0.243 e. The molecule has 0 amide bonds. The van der Waals surface area contributed by atoms with Gasteiger partial charge in [0, 0.05) is 79.0 Å². The molecule has 0 fully saturated rings. The molecule has 0 saturated heterocycles. The van der Waals surface area contributed by atoms with Crippen molar-refractivity contribution in [3.63, 3.8) is 0 Å². The van der Waals surface area contributed by atoms with E-state index < -0.39 is 36.7 Å². The maximum absolute atomic E-state index is 19.1. The number of aryl methyl sites for hydroxylation is 8. The maximum atomic E-state index is 19.1. The fourth-order valence-electron chi connectivity index (χ4n) is 20.4. The van der Waals surface area contributed by atoms with Gasteiger partial charge in [-0.1, -0.05) is 308 Å². The highest BCUT2D eigenvalue weighted by Gasteiger charge is 2.38. The van der Waals surface area contributed by atoms with Crippen molar-refractivity contribution in [1.82, 2.24) is 0 Å². The molecule has 0 aliphatic heterocycles. The molecule has 0 heterocycles. The summed E-state index contributed by atoms with van der Waals surface area (Å²) in [6.07, 6.45) is 0. The lowest BCUT2D eigenvalue weighted by Crippen LogP contribution is -2.56. The normalized spacial score (nSPS) is 11.5. The maximum Gasteiger partial charge on any atom is 0.243 e. The Kier molecular flexibility index (Phi) is 20.8. The van der Waals surface area contributed by atoms with Crippen LogP contribution >= 0.6 is 0 Å². The van der Waals surface area contributed by atoms with Crippen LogP contribution in [0.15, 0.2) is 388 Å². The average molecular weight is 1640 g/mol. The molecule has 0 atom stereocenters. The molecule has 0 saturated carbocycles. The molecule has 0 radical (unpaired) electrons. The van der Waals surface area contributed by atoms with E-state index >= 15 is 17.6 Å². The second-order valence-electron chi connectivity index (χ2n) is 33.5. The second-order valence-corrected chi connectivity index (χ2v) is 33.5. The third-order valence-corrected chi connectivity index (χ3v) is 25.6. The lowest BCUT2D eigenvalue weighted by atomic mass is 9.33. The van der Waals surface area contributed by atoms with E-state index in [1.165, 1.54) is 12.1 Å². The van der Waals surface area contributed by atoms with Crippen LogP contribution in [0.5, 0.6) is 0 Å². The van der Waals surface area contributed by atoms with E-state index in [0.29, 0.717) is 43.4 Å². The largest absolute Gasteiger partial charge is 0.310 e. The van der Waals surface area contributed by atoms with Gasteiger partial charge in [0.15, 0.2) is 0 Å². The van der Waals surface area contributed by atoms with Crippen LogP contribution in [0.4, 0.5) is 85.8 Å². The zero-order valence-corrected chi connectivity index (χ0v) is 71.4. The second kappa shape index (κ2) is 33.0. The lowest BCUT2D eigenvalue weighted by molar-refractivity contribution is 0.598. The first kappa shape index (κ1) is 79.5. The van der Waals surface area contributed by atoms with Crippen LogP contribution in [0.2, 0.25) is 0 Å². The fraction of sp³-hybridized carbons (Fsp3) is 0.0690. The molecule has 20 aromatic carbocycles. The molecule has 126 heavy (non-hydrogen) atoms. The highest BCUT2D eigenvalue weighted by Crippen LogP contribution is 2.48. The van der Waals surface area contributed by atoms with Gasteiger partial charge in [0.1, 0.15) is 23.3 Å². The van der Waals surface area contributed by atoms with Crippen LogP contribution in [-0.4, -0.2) is 13.4 Å². The molecule has 0 aliphatic carbocycles. The number of fused-ring (bicyclic) bond motifs is 2. The van der Waals surface area contributed by atoms with Crippen molar-refractivity contribution in [3.8, 4) is 22.3 Å². The minimum absolute atomic E-state index is 0.190. The van der Waals surface area contributed by atoms with Gasteiger partial charge in [-0.3, -0.25) is 0 Å². The Morgan fingerprint density at radius 3 is 0.611 bits per heavy atom. The molecule has 20 aromatic rings. The Labute approximate surface area is 734 Å². The van der Waals surface area contributed by atoms with Crippen LogP contribution in [-0.2, 0) is 0 Å². The Morgan fingerprint density at radius 1 is 0.190 bits per heavy atom. The minimum Gasteiger partial charge on any atom is -0.310 e. The Hall–Kier alpha value is -15.0. The van der Waals surface area contributed by atoms with Gasteiger partial charge < -0.3 is 19.6 Å². The molecule has 4 nitrogen and oxygen atoms in total. The van der Waals surface area contributed by atoms with Crippen LogP contribution in [0.3, 0.4) is 0 Å². The first-order valence-electron chi connectivity index (χ1n) is 43.1. The van der Waals surface area contributed by atoms with Crippen LogP contribution in [0, 0.1) is 78.7 Å². The van der Waals surface area contributed by atoms with Gasteiger partial charge in [-0.05, 0) is 267 Å². The van der Waals surface area contributed by atoms with E-state index in [1.54, 1.807) is 48.5 Å². The van der Waals surface area contributed by atoms with Gasteiger partial charge in [-0.15, -0.1) is 0 Å². The van der Waals surface area contributed by atoms with Gasteiger partial charge in [0.25, 0.3) is 0 Å². The summed E-state index contributed by atoms with van der Waals surface area (Å²) in [6.45, 7) is 16.2. The number of anilines is 12. The summed E-state index contributed by atoms with van der Waals surface area (Å²) in [6, 6.07) is 131. The Morgan fingerprint density at radius 2 is 0.389 bits per heavy atom. The number of nitrogens with zero attached hydrogens (tertiary/aromatic N) is 4. The van der Waals surface area contributed by atoms with Crippen molar-refractivity contribution in [1.29, 1.82) is 0 Å². The summed E-state index contributed by atoms with van der Waals surface area (Å²) < 4.78 is 75.6. The summed E-state index contributed by atoms with van der Waals surface area (Å²) >= 11 is 0. The molecule has 0 spiro atoms. The molecule has 0 N–H and O–H groups in total. The first-order valence-corrected chi connectivity index (χ1v) is 43.1. The number of hydrogen-bond acceptors (Lipinski definition) is 4. The zero-order chi connectivity index (χ0) is 86.1. The van der Waals surface area contributed by atoms with E-state index in [-0.39, 0.29) is 21.9 Å². The minimum atomic E-state index is -0.734. The van der Waals surface area contributed by atoms with Gasteiger partial charge >= 0.3 is 0 Å². The van der Waals surface area contributed by atoms with Crippen molar-refractivity contribution in [2.45, 2.75) is 55.4 Å². The predicted molar refractivity (Wildman–Crippen MR) is 528 cm³/mol. The van der Waals surface area contributed by atoms with E-state index in [1.807, 2.05) is 48.5 Å². The topological polar surface area (TPSA) is 13.0 Å². The summed E-state index contributed by atoms with van der Waals surface area (Å²) in [5.74, 6) is -2.88. The summed E-state index contributed by atoms with van der Waals surface area (Å²) in [4.78, 5) is 9.16. The summed E-state index contributed by atoms with van der Waals surface area (Å²) in [5.41, 5.74) is 25.3. The third-order valence-electron chi connectivity index (χ3n) is 25.6. The van der Waals surface area contributed by atoms with Crippen molar-refractivity contribution >= 4 is 168 Å². The number of halogens is 4. The number of hydrogen-bond donors (Lipinski definition) is 0. The zero-order valence-electron chi connectivity index (χ0n) is 71.4. The highest BCUT2D eigenvalue weighted by molar-refractivity contribution is 6.99. The van der Waals surface area contributed by atoms with E-state index in [9.17, 15) is 0 Å². The Balaban J connectivity index is 0.937. The monoisotopic (exact) mass is 1630 g/mol. The van der Waals surface area contributed by atoms with Crippen molar-refractivity contribution in [2.24, 2.45) is 0 Å². The third kappa shape index (κ3) is 14.0. The van der Waals surface area contributed by atoms with Crippen LogP contribution < -0.4 is 52.4 Å². The molecule has 0 aromatic heterocycles. The van der Waals surface area contributed by atoms with Gasteiger partial charge in [-0.25, -0.2) is 17.6 Å². The molecule has 0 unspecified atom stereocenters.